The fraction of sp³-hybridized carbons (Fsp3) is 0.364. The lowest BCUT2D eigenvalue weighted by Crippen LogP contribution is -2.19. The van der Waals surface area contributed by atoms with Crippen LogP contribution in [-0.4, -0.2) is 32.1 Å². The molecule has 4 heteroatoms. The highest BCUT2D eigenvalue weighted by Gasteiger charge is 2.00. The highest BCUT2D eigenvalue weighted by molar-refractivity contribution is 5.56. The van der Waals surface area contributed by atoms with E-state index in [1.807, 2.05) is 25.1 Å². The number of hydrogen-bond donors (Lipinski definition) is 1. The molecule has 1 rings (SSSR count). The second-order valence-electron chi connectivity index (χ2n) is 3.51. The first kappa shape index (κ1) is 11.3. The van der Waals surface area contributed by atoms with Gasteiger partial charge >= 0.3 is 0 Å². The van der Waals surface area contributed by atoms with Crippen molar-refractivity contribution in [3.05, 3.63) is 23.8 Å². The van der Waals surface area contributed by atoms with Crippen LogP contribution in [0.1, 0.15) is 5.56 Å². The Morgan fingerprint density at radius 3 is 2.80 bits per heavy atom. The molecule has 0 bridgehead atoms. The highest BCUT2D eigenvalue weighted by Crippen LogP contribution is 2.18. The lowest BCUT2D eigenvalue weighted by atomic mass is 10.2. The molecule has 0 unspecified atom stereocenters. The fourth-order valence-electron chi connectivity index (χ4n) is 1.07. The van der Waals surface area contributed by atoms with Crippen molar-refractivity contribution in [3.8, 4) is 11.8 Å². The zero-order chi connectivity index (χ0) is 11.3. The molecule has 0 saturated carbocycles. The van der Waals surface area contributed by atoms with E-state index in [1.165, 1.54) is 0 Å². The number of anilines is 1. The van der Waals surface area contributed by atoms with Crippen molar-refractivity contribution in [2.45, 2.75) is 0 Å². The second kappa shape index (κ2) is 5.23. The summed E-state index contributed by atoms with van der Waals surface area (Å²) in [5, 5.41) is 8.76. The van der Waals surface area contributed by atoms with Crippen molar-refractivity contribution >= 4 is 5.69 Å². The molecule has 15 heavy (non-hydrogen) atoms. The van der Waals surface area contributed by atoms with E-state index in [-0.39, 0.29) is 0 Å². The second-order valence-corrected chi connectivity index (χ2v) is 3.51. The number of benzene rings is 1. The van der Waals surface area contributed by atoms with Crippen LogP contribution in [0.15, 0.2) is 18.2 Å². The topological polar surface area (TPSA) is 62.3 Å². The van der Waals surface area contributed by atoms with Gasteiger partial charge in [0.25, 0.3) is 0 Å². The molecule has 0 amide bonds. The molecule has 0 spiro atoms. The molecular formula is C11H15N3O. The summed E-state index contributed by atoms with van der Waals surface area (Å²) in [6.45, 7) is 1.44. The van der Waals surface area contributed by atoms with Gasteiger partial charge in [-0.2, -0.15) is 5.26 Å². The third-order valence-corrected chi connectivity index (χ3v) is 1.95. The molecule has 2 N–H and O–H groups in total. The van der Waals surface area contributed by atoms with Crippen LogP contribution in [0.2, 0.25) is 0 Å². The molecule has 0 aliphatic rings. The molecule has 0 aliphatic heterocycles. The highest BCUT2D eigenvalue weighted by atomic mass is 16.5. The van der Waals surface area contributed by atoms with Crippen molar-refractivity contribution in [2.24, 2.45) is 0 Å². The summed E-state index contributed by atoms with van der Waals surface area (Å²) in [5.41, 5.74) is 6.53. The number of likely N-dealkylation sites (N-methyl/N-ethyl adjacent to an activating group) is 1. The fourth-order valence-corrected chi connectivity index (χ4v) is 1.07. The van der Waals surface area contributed by atoms with Crippen LogP contribution in [0.25, 0.3) is 0 Å². The molecule has 0 atom stereocenters. The van der Waals surface area contributed by atoms with Crippen molar-refractivity contribution < 1.29 is 4.74 Å². The Bertz CT molecular complexity index is 369. The predicted molar refractivity (Wildman–Crippen MR) is 59.6 cm³/mol. The number of nitrogens with zero attached hydrogens (tertiary/aromatic N) is 2. The van der Waals surface area contributed by atoms with Gasteiger partial charge < -0.3 is 15.4 Å². The number of nitrogen functional groups attached to an aromatic ring is 1. The Kier molecular flexibility index (Phi) is 3.95. The van der Waals surface area contributed by atoms with Crippen molar-refractivity contribution in [1.29, 1.82) is 5.26 Å². The van der Waals surface area contributed by atoms with Crippen molar-refractivity contribution in [2.75, 3.05) is 33.0 Å². The van der Waals surface area contributed by atoms with E-state index in [0.29, 0.717) is 23.6 Å². The van der Waals surface area contributed by atoms with E-state index in [4.69, 9.17) is 15.7 Å². The van der Waals surface area contributed by atoms with Gasteiger partial charge in [-0.3, -0.25) is 0 Å². The van der Waals surface area contributed by atoms with Gasteiger partial charge in [0.2, 0.25) is 0 Å². The van der Waals surface area contributed by atoms with E-state index in [9.17, 15) is 0 Å². The van der Waals surface area contributed by atoms with Gasteiger partial charge in [0.1, 0.15) is 18.4 Å². The third-order valence-electron chi connectivity index (χ3n) is 1.95. The molecule has 0 aliphatic carbocycles. The first-order chi connectivity index (χ1) is 7.13. The van der Waals surface area contributed by atoms with Crippen LogP contribution in [0.3, 0.4) is 0 Å². The summed E-state index contributed by atoms with van der Waals surface area (Å²) in [4.78, 5) is 2.03. The van der Waals surface area contributed by atoms with Crippen LogP contribution in [0.5, 0.6) is 5.75 Å². The minimum absolute atomic E-state index is 0.456. The minimum Gasteiger partial charge on any atom is -0.492 e. The number of nitriles is 1. The number of rotatable bonds is 4. The molecule has 0 aromatic heterocycles. The summed E-state index contributed by atoms with van der Waals surface area (Å²) >= 11 is 0. The van der Waals surface area contributed by atoms with Crippen LogP contribution in [0.4, 0.5) is 5.69 Å². The molecular weight excluding hydrogens is 190 g/mol. The quantitative estimate of drug-likeness (QED) is 0.747. The van der Waals surface area contributed by atoms with E-state index >= 15 is 0 Å². The van der Waals surface area contributed by atoms with Crippen molar-refractivity contribution in [1.82, 2.24) is 4.90 Å². The molecule has 1 aromatic rings. The molecule has 0 heterocycles. The average Bonchev–Trinajstić information content (AvgIpc) is 2.20. The van der Waals surface area contributed by atoms with Gasteiger partial charge in [0.15, 0.2) is 0 Å². The van der Waals surface area contributed by atoms with Gasteiger partial charge in [-0.1, -0.05) is 0 Å². The molecule has 0 fully saturated rings. The van der Waals surface area contributed by atoms with E-state index in [1.54, 1.807) is 18.2 Å². The van der Waals surface area contributed by atoms with Gasteiger partial charge in [0.05, 0.1) is 5.56 Å². The standard InChI is InChI=1S/C11H15N3O/c1-14(2)5-6-15-10-3-4-11(13)9(7-10)8-12/h3-4,7H,5-6,13H2,1-2H3. The average molecular weight is 205 g/mol. The first-order valence-electron chi connectivity index (χ1n) is 4.70. The number of nitrogens with two attached hydrogens (primary N) is 1. The van der Waals surface area contributed by atoms with Crippen molar-refractivity contribution in [3.63, 3.8) is 0 Å². The maximum absolute atomic E-state index is 8.76. The predicted octanol–water partition coefficient (Wildman–Crippen LogP) is 1.08. The lowest BCUT2D eigenvalue weighted by Gasteiger charge is -2.11. The Hall–Kier alpha value is -1.73. The maximum atomic E-state index is 8.76. The van der Waals surface area contributed by atoms with E-state index < -0.39 is 0 Å². The van der Waals surface area contributed by atoms with Crippen LogP contribution < -0.4 is 10.5 Å². The summed E-state index contributed by atoms with van der Waals surface area (Å²) in [7, 11) is 3.96. The Morgan fingerprint density at radius 1 is 1.47 bits per heavy atom. The minimum atomic E-state index is 0.456. The summed E-state index contributed by atoms with van der Waals surface area (Å²) in [6.07, 6.45) is 0. The van der Waals surface area contributed by atoms with Crippen LogP contribution in [-0.2, 0) is 0 Å². The lowest BCUT2D eigenvalue weighted by molar-refractivity contribution is 0.261. The largest absolute Gasteiger partial charge is 0.492 e. The van der Waals surface area contributed by atoms with Crippen LogP contribution >= 0.6 is 0 Å². The third kappa shape index (κ3) is 3.49. The Balaban J connectivity index is 2.60. The smallest absolute Gasteiger partial charge is 0.120 e. The summed E-state index contributed by atoms with van der Waals surface area (Å²) in [6, 6.07) is 7.13. The Morgan fingerprint density at radius 2 is 2.20 bits per heavy atom. The first-order valence-corrected chi connectivity index (χ1v) is 4.70. The maximum Gasteiger partial charge on any atom is 0.120 e. The van der Waals surface area contributed by atoms with E-state index in [0.717, 1.165) is 6.54 Å². The van der Waals surface area contributed by atoms with Gasteiger partial charge in [-0.25, -0.2) is 0 Å². The molecule has 0 radical (unpaired) electrons. The summed E-state index contributed by atoms with van der Waals surface area (Å²) < 4.78 is 5.47. The molecule has 1 aromatic carbocycles. The number of ether oxygens (including phenoxy) is 1. The van der Waals surface area contributed by atoms with Gasteiger partial charge in [-0.15, -0.1) is 0 Å². The van der Waals surface area contributed by atoms with Gasteiger partial charge in [-0.05, 0) is 32.3 Å². The molecule has 4 nitrogen and oxygen atoms in total. The normalized spacial score (nSPS) is 10.0. The molecule has 80 valence electrons. The number of hydrogen-bond acceptors (Lipinski definition) is 4. The van der Waals surface area contributed by atoms with Crippen LogP contribution in [0, 0.1) is 11.3 Å². The Labute approximate surface area is 89.9 Å². The summed E-state index contributed by atoms with van der Waals surface area (Å²) in [5.74, 6) is 0.683. The van der Waals surface area contributed by atoms with Gasteiger partial charge in [0, 0.05) is 12.2 Å². The SMILES string of the molecule is CN(C)CCOc1ccc(N)c(C#N)c1. The van der Waals surface area contributed by atoms with E-state index in [2.05, 4.69) is 0 Å². The molecule has 0 saturated heterocycles. The zero-order valence-corrected chi connectivity index (χ0v) is 9.03. The monoisotopic (exact) mass is 205 g/mol. The zero-order valence-electron chi connectivity index (χ0n) is 9.03.